The number of aromatic nitrogens is 1. The van der Waals surface area contributed by atoms with Crippen molar-refractivity contribution < 1.29 is 4.79 Å². The molecule has 1 aromatic carbocycles. The van der Waals surface area contributed by atoms with Crippen molar-refractivity contribution in [2.24, 2.45) is 0 Å². The summed E-state index contributed by atoms with van der Waals surface area (Å²) < 4.78 is 0. The molecule has 0 saturated carbocycles. The molecule has 94 valence electrons. The molecule has 1 heterocycles. The second-order valence-electron chi connectivity index (χ2n) is 3.90. The molecular formula is C13H14N2OS2. The molecule has 0 radical (unpaired) electrons. The third-order valence-corrected chi connectivity index (χ3v) is 4.37. The molecule has 1 aromatic heterocycles. The summed E-state index contributed by atoms with van der Waals surface area (Å²) in [6.07, 6.45) is 0. The summed E-state index contributed by atoms with van der Waals surface area (Å²) >= 11 is 3.00. The van der Waals surface area contributed by atoms with E-state index in [0.717, 1.165) is 10.6 Å². The van der Waals surface area contributed by atoms with Crippen LogP contribution in [0.3, 0.4) is 0 Å². The van der Waals surface area contributed by atoms with Gasteiger partial charge in [0.25, 0.3) is 0 Å². The molecule has 0 fully saturated rings. The van der Waals surface area contributed by atoms with E-state index in [1.165, 1.54) is 16.9 Å². The number of rotatable bonds is 4. The van der Waals surface area contributed by atoms with Gasteiger partial charge >= 0.3 is 0 Å². The lowest BCUT2D eigenvalue weighted by atomic mass is 10.2. The highest BCUT2D eigenvalue weighted by Crippen LogP contribution is 2.22. The van der Waals surface area contributed by atoms with Crippen LogP contribution >= 0.6 is 23.1 Å². The summed E-state index contributed by atoms with van der Waals surface area (Å²) in [5.74, 6) is 0.390. The second kappa shape index (κ2) is 6.02. The Balaban J connectivity index is 1.87. The maximum absolute atomic E-state index is 11.7. The van der Waals surface area contributed by atoms with E-state index in [9.17, 15) is 4.79 Å². The first-order chi connectivity index (χ1) is 8.65. The van der Waals surface area contributed by atoms with Crippen molar-refractivity contribution in [2.75, 3.05) is 11.1 Å². The number of hydrogen-bond donors (Lipinski definition) is 1. The van der Waals surface area contributed by atoms with Crippen LogP contribution in [0.5, 0.6) is 0 Å². The molecule has 3 nitrogen and oxygen atoms in total. The first kappa shape index (κ1) is 13.1. The molecule has 0 aliphatic rings. The molecule has 0 unspecified atom stereocenters. The summed E-state index contributed by atoms with van der Waals surface area (Å²) in [6, 6.07) is 8.06. The number of hydrogen-bond acceptors (Lipinski definition) is 4. The number of thioether (sulfide) groups is 1. The minimum absolute atomic E-state index is 0.0161. The largest absolute Gasteiger partial charge is 0.301 e. The standard InChI is InChI=1S/C13H14N2OS2/c1-9-5-3-4-6-11(9)17-8-12(16)15-13-14-10(2)7-18-13/h3-7H,8H2,1-2H3,(H,14,15,16). The fourth-order valence-corrected chi connectivity index (χ4v) is 2.96. The molecule has 0 saturated heterocycles. The fraction of sp³-hybridized carbons (Fsp3) is 0.231. The Hall–Kier alpha value is -1.33. The summed E-state index contributed by atoms with van der Waals surface area (Å²) in [7, 11) is 0. The van der Waals surface area contributed by atoms with E-state index < -0.39 is 0 Å². The average Bonchev–Trinajstić information content (AvgIpc) is 2.74. The predicted octanol–water partition coefficient (Wildman–Crippen LogP) is 3.49. The lowest BCUT2D eigenvalue weighted by Gasteiger charge is -2.04. The topological polar surface area (TPSA) is 42.0 Å². The first-order valence-corrected chi connectivity index (χ1v) is 7.42. The van der Waals surface area contributed by atoms with Crippen LogP contribution in [0, 0.1) is 13.8 Å². The quantitative estimate of drug-likeness (QED) is 0.870. The third-order valence-electron chi connectivity index (χ3n) is 2.32. The zero-order chi connectivity index (χ0) is 13.0. The normalized spacial score (nSPS) is 10.3. The predicted molar refractivity (Wildman–Crippen MR) is 77.4 cm³/mol. The number of nitrogens with one attached hydrogen (secondary N) is 1. The Kier molecular flexibility index (Phi) is 4.38. The molecular weight excluding hydrogens is 264 g/mol. The molecule has 0 bridgehead atoms. The van der Waals surface area contributed by atoms with Crippen LogP contribution < -0.4 is 5.32 Å². The van der Waals surface area contributed by atoms with Crippen LogP contribution in [-0.4, -0.2) is 16.6 Å². The van der Waals surface area contributed by atoms with Gasteiger partial charge in [-0.1, -0.05) is 18.2 Å². The van der Waals surface area contributed by atoms with Crippen LogP contribution in [0.4, 0.5) is 5.13 Å². The fourth-order valence-electron chi connectivity index (χ4n) is 1.43. The van der Waals surface area contributed by atoms with E-state index in [4.69, 9.17) is 0 Å². The zero-order valence-corrected chi connectivity index (χ0v) is 11.9. The maximum Gasteiger partial charge on any atom is 0.236 e. The van der Waals surface area contributed by atoms with Gasteiger partial charge in [0.1, 0.15) is 0 Å². The highest BCUT2D eigenvalue weighted by molar-refractivity contribution is 8.00. The van der Waals surface area contributed by atoms with Crippen molar-refractivity contribution in [1.29, 1.82) is 0 Å². The summed E-state index contributed by atoms with van der Waals surface area (Å²) in [5.41, 5.74) is 2.13. The zero-order valence-electron chi connectivity index (χ0n) is 10.3. The van der Waals surface area contributed by atoms with Gasteiger partial charge in [-0.05, 0) is 25.5 Å². The van der Waals surface area contributed by atoms with E-state index in [0.29, 0.717) is 10.9 Å². The molecule has 2 rings (SSSR count). The molecule has 2 aromatic rings. The van der Waals surface area contributed by atoms with E-state index in [1.807, 2.05) is 43.5 Å². The Morgan fingerprint density at radius 1 is 1.39 bits per heavy atom. The van der Waals surface area contributed by atoms with Crippen LogP contribution in [0.2, 0.25) is 0 Å². The third kappa shape index (κ3) is 3.58. The van der Waals surface area contributed by atoms with Crippen LogP contribution in [-0.2, 0) is 4.79 Å². The Bertz CT molecular complexity index is 551. The molecule has 5 heteroatoms. The van der Waals surface area contributed by atoms with Crippen molar-refractivity contribution >= 4 is 34.1 Å². The highest BCUT2D eigenvalue weighted by Gasteiger charge is 2.07. The molecule has 0 aliphatic heterocycles. The number of aryl methyl sites for hydroxylation is 2. The molecule has 0 atom stereocenters. The van der Waals surface area contributed by atoms with Crippen LogP contribution in [0.25, 0.3) is 0 Å². The van der Waals surface area contributed by atoms with Gasteiger partial charge in [0.05, 0.1) is 11.4 Å². The SMILES string of the molecule is Cc1csc(NC(=O)CSc2ccccc2C)n1. The van der Waals surface area contributed by atoms with Crippen LogP contribution in [0.1, 0.15) is 11.3 Å². The van der Waals surface area contributed by atoms with E-state index >= 15 is 0 Å². The number of carbonyl (C=O) groups excluding carboxylic acids is 1. The Labute approximate surface area is 115 Å². The van der Waals surface area contributed by atoms with Crippen molar-refractivity contribution in [3.8, 4) is 0 Å². The number of amides is 1. The monoisotopic (exact) mass is 278 g/mol. The smallest absolute Gasteiger partial charge is 0.236 e. The Morgan fingerprint density at radius 3 is 2.83 bits per heavy atom. The van der Waals surface area contributed by atoms with Gasteiger partial charge in [-0.3, -0.25) is 4.79 Å². The maximum atomic E-state index is 11.7. The molecule has 18 heavy (non-hydrogen) atoms. The minimum atomic E-state index is -0.0161. The van der Waals surface area contributed by atoms with Gasteiger partial charge in [-0.25, -0.2) is 4.98 Å². The van der Waals surface area contributed by atoms with Crippen molar-refractivity contribution in [3.05, 3.63) is 40.9 Å². The van der Waals surface area contributed by atoms with Crippen molar-refractivity contribution in [2.45, 2.75) is 18.7 Å². The van der Waals surface area contributed by atoms with Gasteiger partial charge in [0.2, 0.25) is 5.91 Å². The number of carbonyl (C=O) groups is 1. The van der Waals surface area contributed by atoms with Gasteiger partial charge in [-0.2, -0.15) is 0 Å². The van der Waals surface area contributed by atoms with Gasteiger partial charge < -0.3 is 5.32 Å². The summed E-state index contributed by atoms with van der Waals surface area (Å²) in [5, 5.41) is 5.39. The molecule has 1 N–H and O–H groups in total. The number of nitrogens with zero attached hydrogens (tertiary/aromatic N) is 1. The van der Waals surface area contributed by atoms with E-state index in [1.54, 1.807) is 11.8 Å². The van der Waals surface area contributed by atoms with Gasteiger partial charge in [0.15, 0.2) is 5.13 Å². The second-order valence-corrected chi connectivity index (χ2v) is 5.77. The van der Waals surface area contributed by atoms with E-state index in [-0.39, 0.29) is 5.91 Å². The average molecular weight is 278 g/mol. The number of benzene rings is 1. The molecule has 1 amide bonds. The van der Waals surface area contributed by atoms with Gasteiger partial charge in [0, 0.05) is 10.3 Å². The van der Waals surface area contributed by atoms with Crippen molar-refractivity contribution in [1.82, 2.24) is 4.98 Å². The van der Waals surface area contributed by atoms with Gasteiger partial charge in [-0.15, -0.1) is 23.1 Å². The van der Waals surface area contributed by atoms with E-state index in [2.05, 4.69) is 10.3 Å². The highest BCUT2D eigenvalue weighted by atomic mass is 32.2. The lowest BCUT2D eigenvalue weighted by Crippen LogP contribution is -2.13. The minimum Gasteiger partial charge on any atom is -0.301 e. The first-order valence-electron chi connectivity index (χ1n) is 5.55. The lowest BCUT2D eigenvalue weighted by molar-refractivity contribution is -0.113. The van der Waals surface area contributed by atoms with Crippen molar-refractivity contribution in [3.63, 3.8) is 0 Å². The summed E-state index contributed by atoms with van der Waals surface area (Å²) in [6.45, 7) is 3.96. The number of anilines is 1. The summed E-state index contributed by atoms with van der Waals surface area (Å²) in [4.78, 5) is 17.1. The Morgan fingerprint density at radius 2 is 2.17 bits per heavy atom. The molecule has 0 spiro atoms. The number of thiazole rings is 1. The van der Waals surface area contributed by atoms with Crippen LogP contribution in [0.15, 0.2) is 34.5 Å². The molecule has 0 aliphatic carbocycles.